The summed E-state index contributed by atoms with van der Waals surface area (Å²) in [5.41, 5.74) is 0. The summed E-state index contributed by atoms with van der Waals surface area (Å²) in [6, 6.07) is 0. The minimum Gasteiger partial charge on any atom is -0.0991 e. The average molecular weight is 345 g/mol. The summed E-state index contributed by atoms with van der Waals surface area (Å²) in [6.45, 7) is 5.94. The molecule has 0 amide bonds. The molecule has 0 radical (unpaired) electrons. The van der Waals surface area contributed by atoms with Crippen molar-refractivity contribution in [3.05, 3.63) is 49.1 Å². The van der Waals surface area contributed by atoms with Crippen molar-refractivity contribution in [3.63, 3.8) is 0 Å². The second kappa shape index (κ2) is 23.0. The predicted octanol–water partition coefficient (Wildman–Crippen LogP) is 9.10. The van der Waals surface area contributed by atoms with E-state index < -0.39 is 0 Å². The molecule has 0 aromatic carbocycles. The zero-order valence-electron chi connectivity index (χ0n) is 17.1. The van der Waals surface area contributed by atoms with Gasteiger partial charge in [0.2, 0.25) is 0 Å². The largest absolute Gasteiger partial charge is 0.0991 e. The van der Waals surface area contributed by atoms with Gasteiger partial charge in [0.15, 0.2) is 0 Å². The number of allylic oxidation sites excluding steroid dienone is 7. The van der Waals surface area contributed by atoms with Crippen LogP contribution in [0, 0.1) is 0 Å². The maximum Gasteiger partial charge on any atom is -0.0348 e. The van der Waals surface area contributed by atoms with Crippen LogP contribution < -0.4 is 0 Å². The van der Waals surface area contributed by atoms with Crippen LogP contribution in [0.5, 0.6) is 0 Å². The van der Waals surface area contributed by atoms with Crippen LogP contribution in [0.15, 0.2) is 49.1 Å². The van der Waals surface area contributed by atoms with Crippen molar-refractivity contribution in [1.82, 2.24) is 0 Å². The van der Waals surface area contributed by atoms with Gasteiger partial charge >= 0.3 is 0 Å². The molecule has 0 fully saturated rings. The first-order chi connectivity index (χ1) is 12.4. The lowest BCUT2D eigenvalue weighted by Gasteiger charge is -2.03. The fourth-order valence-corrected chi connectivity index (χ4v) is 3.08. The molecule has 0 heterocycles. The number of hydrogen-bond donors (Lipinski definition) is 0. The summed E-state index contributed by atoms with van der Waals surface area (Å²) in [6.07, 6.45) is 37.1. The Morgan fingerprint density at radius 3 is 1.36 bits per heavy atom. The molecule has 0 nitrogen and oxygen atoms in total. The quantitative estimate of drug-likeness (QED) is 0.162. The van der Waals surface area contributed by atoms with E-state index in [0.29, 0.717) is 0 Å². The zero-order chi connectivity index (χ0) is 18.3. The molecule has 0 spiro atoms. The molecular formula is C25H44. The van der Waals surface area contributed by atoms with E-state index in [-0.39, 0.29) is 0 Å². The van der Waals surface area contributed by atoms with Gasteiger partial charge in [-0.1, -0.05) is 146 Å². The lowest BCUT2D eigenvalue weighted by Crippen LogP contribution is -1.83. The van der Waals surface area contributed by atoms with Crippen LogP contribution in [0.25, 0.3) is 0 Å². The molecule has 0 unspecified atom stereocenters. The van der Waals surface area contributed by atoms with E-state index in [4.69, 9.17) is 0 Å². The van der Waals surface area contributed by atoms with Crippen molar-refractivity contribution in [1.29, 1.82) is 0 Å². The van der Waals surface area contributed by atoms with E-state index in [9.17, 15) is 0 Å². The maximum atomic E-state index is 3.64. The van der Waals surface area contributed by atoms with E-state index in [0.717, 1.165) is 0 Å². The molecule has 0 N–H and O–H groups in total. The van der Waals surface area contributed by atoms with E-state index in [1.165, 1.54) is 103 Å². The Balaban J connectivity index is 3.11. The molecule has 144 valence electrons. The normalized spacial score (nSPS) is 12.0. The topological polar surface area (TPSA) is 0 Å². The first-order valence-corrected chi connectivity index (χ1v) is 11.0. The van der Waals surface area contributed by atoms with Crippen molar-refractivity contribution in [2.24, 2.45) is 0 Å². The SMILES string of the molecule is C=C/C=C/C=C/C=C/CCCCCCCCCCCCCCCCC. The van der Waals surface area contributed by atoms with Gasteiger partial charge in [-0.15, -0.1) is 0 Å². The van der Waals surface area contributed by atoms with E-state index in [2.05, 4.69) is 31.7 Å². The highest BCUT2D eigenvalue weighted by Crippen LogP contribution is 2.13. The first-order valence-electron chi connectivity index (χ1n) is 11.0. The Hall–Kier alpha value is -1.04. The van der Waals surface area contributed by atoms with E-state index in [1.807, 2.05) is 18.2 Å². The fraction of sp³-hybridized carbons (Fsp3) is 0.680. The zero-order valence-corrected chi connectivity index (χ0v) is 17.1. The van der Waals surface area contributed by atoms with Crippen molar-refractivity contribution in [2.75, 3.05) is 0 Å². The van der Waals surface area contributed by atoms with Gasteiger partial charge in [-0.05, 0) is 12.8 Å². The van der Waals surface area contributed by atoms with Crippen molar-refractivity contribution < 1.29 is 0 Å². The lowest BCUT2D eigenvalue weighted by molar-refractivity contribution is 0.533. The highest BCUT2D eigenvalue weighted by molar-refractivity contribution is 5.14. The van der Waals surface area contributed by atoms with Crippen LogP contribution >= 0.6 is 0 Å². The lowest BCUT2D eigenvalue weighted by atomic mass is 10.0. The Bertz CT molecular complexity index is 332. The summed E-state index contributed by atoms with van der Waals surface area (Å²) in [7, 11) is 0. The number of rotatable bonds is 19. The molecule has 25 heavy (non-hydrogen) atoms. The summed E-state index contributed by atoms with van der Waals surface area (Å²) in [5.74, 6) is 0. The van der Waals surface area contributed by atoms with Crippen LogP contribution in [-0.2, 0) is 0 Å². The molecule has 0 saturated carbocycles. The molecule has 0 aromatic heterocycles. The third-order valence-electron chi connectivity index (χ3n) is 4.69. The third kappa shape index (κ3) is 23.0. The molecule has 0 atom stereocenters. The second-order valence-corrected chi connectivity index (χ2v) is 7.17. The summed E-state index contributed by atoms with van der Waals surface area (Å²) in [5, 5.41) is 0. The molecule has 0 saturated heterocycles. The fourth-order valence-electron chi connectivity index (χ4n) is 3.08. The van der Waals surface area contributed by atoms with Crippen molar-refractivity contribution in [3.8, 4) is 0 Å². The minimum absolute atomic E-state index is 1.22. The Morgan fingerprint density at radius 1 is 0.480 bits per heavy atom. The molecule has 0 heteroatoms. The van der Waals surface area contributed by atoms with Gasteiger partial charge in [0, 0.05) is 0 Å². The first kappa shape index (κ1) is 24.0. The molecule has 0 aliphatic rings. The van der Waals surface area contributed by atoms with Crippen LogP contribution in [0.1, 0.15) is 110 Å². The predicted molar refractivity (Wildman–Crippen MR) is 117 cm³/mol. The molecular weight excluding hydrogens is 300 g/mol. The van der Waals surface area contributed by atoms with Gasteiger partial charge in [-0.2, -0.15) is 0 Å². The molecule has 0 rings (SSSR count). The van der Waals surface area contributed by atoms with Gasteiger partial charge in [0.1, 0.15) is 0 Å². The second-order valence-electron chi connectivity index (χ2n) is 7.17. The standard InChI is InChI=1S/C25H44/c1-3-5-7-9-11-13-15-17-19-21-23-25-24-22-20-18-16-14-12-10-8-6-4-2/h3,5,7,9,11,13,15H,1,4,6,8,10,12,14,16-25H2,2H3/b7-5+,11-9+,15-13+. The Morgan fingerprint density at radius 2 is 0.880 bits per heavy atom. The highest BCUT2D eigenvalue weighted by Gasteiger charge is 1.93. The number of hydrogen-bond acceptors (Lipinski definition) is 0. The maximum absolute atomic E-state index is 3.64. The van der Waals surface area contributed by atoms with Gasteiger partial charge in [-0.25, -0.2) is 0 Å². The summed E-state index contributed by atoms with van der Waals surface area (Å²) < 4.78 is 0. The van der Waals surface area contributed by atoms with Crippen LogP contribution in [0.4, 0.5) is 0 Å². The Kier molecular flexibility index (Phi) is 22.0. The molecule has 0 aliphatic carbocycles. The van der Waals surface area contributed by atoms with E-state index in [1.54, 1.807) is 6.08 Å². The van der Waals surface area contributed by atoms with Crippen LogP contribution in [0.3, 0.4) is 0 Å². The van der Waals surface area contributed by atoms with Crippen LogP contribution in [-0.4, -0.2) is 0 Å². The van der Waals surface area contributed by atoms with Gasteiger partial charge in [-0.3, -0.25) is 0 Å². The van der Waals surface area contributed by atoms with E-state index >= 15 is 0 Å². The summed E-state index contributed by atoms with van der Waals surface area (Å²) >= 11 is 0. The molecule has 0 aliphatic heterocycles. The van der Waals surface area contributed by atoms with Crippen LogP contribution in [0.2, 0.25) is 0 Å². The summed E-state index contributed by atoms with van der Waals surface area (Å²) in [4.78, 5) is 0. The van der Waals surface area contributed by atoms with Gasteiger partial charge in [0.05, 0.1) is 0 Å². The molecule has 0 bridgehead atoms. The highest BCUT2D eigenvalue weighted by atomic mass is 14.0. The Labute approximate surface area is 159 Å². The number of unbranched alkanes of at least 4 members (excludes halogenated alkanes) is 15. The minimum atomic E-state index is 1.22. The van der Waals surface area contributed by atoms with Gasteiger partial charge in [0.25, 0.3) is 0 Å². The average Bonchev–Trinajstić information content (AvgIpc) is 2.63. The van der Waals surface area contributed by atoms with Crippen molar-refractivity contribution >= 4 is 0 Å². The molecule has 0 aromatic rings. The smallest absolute Gasteiger partial charge is 0.0348 e. The van der Waals surface area contributed by atoms with Gasteiger partial charge < -0.3 is 0 Å². The van der Waals surface area contributed by atoms with Crippen molar-refractivity contribution in [2.45, 2.75) is 110 Å². The third-order valence-corrected chi connectivity index (χ3v) is 4.69. The monoisotopic (exact) mass is 344 g/mol.